The highest BCUT2D eigenvalue weighted by atomic mass is 16.3. The van der Waals surface area contributed by atoms with Crippen molar-refractivity contribution in [3.8, 4) is 0 Å². The highest BCUT2D eigenvalue weighted by Gasteiger charge is 2.18. The molecule has 96 valence electrons. The van der Waals surface area contributed by atoms with Crippen LogP contribution < -0.4 is 5.32 Å². The van der Waals surface area contributed by atoms with E-state index in [9.17, 15) is 5.11 Å². The van der Waals surface area contributed by atoms with Crippen LogP contribution in [0.2, 0.25) is 0 Å². The van der Waals surface area contributed by atoms with E-state index in [0.717, 1.165) is 12.0 Å². The van der Waals surface area contributed by atoms with Gasteiger partial charge in [0.25, 0.3) is 0 Å². The van der Waals surface area contributed by atoms with Gasteiger partial charge in [-0.3, -0.25) is 0 Å². The van der Waals surface area contributed by atoms with Gasteiger partial charge in [0.1, 0.15) is 0 Å². The zero-order valence-electron chi connectivity index (χ0n) is 11.4. The third-order valence-corrected chi connectivity index (χ3v) is 2.99. The average Bonchev–Trinajstić information content (AvgIpc) is 2.28. The SMILES string of the molecule is CC(C)C[C@@H](C)N[C@@H](C)[C@H](O)c1ccccc1. The standard InChI is InChI=1S/C15H25NO/c1-11(2)10-12(3)16-13(4)15(17)14-8-6-5-7-9-14/h5-9,11-13,15-17H,10H2,1-4H3/t12-,13+,15+/m1/s1. The molecule has 0 spiro atoms. The lowest BCUT2D eigenvalue weighted by Gasteiger charge is -2.25. The second kappa shape index (κ2) is 6.77. The van der Waals surface area contributed by atoms with Gasteiger partial charge >= 0.3 is 0 Å². The molecule has 0 fully saturated rings. The van der Waals surface area contributed by atoms with E-state index < -0.39 is 6.10 Å². The van der Waals surface area contributed by atoms with Gasteiger partial charge in [0.15, 0.2) is 0 Å². The number of benzene rings is 1. The molecular weight excluding hydrogens is 210 g/mol. The second-order valence-corrected chi connectivity index (χ2v) is 5.34. The molecule has 0 radical (unpaired) electrons. The van der Waals surface area contributed by atoms with Crippen molar-refractivity contribution in [1.29, 1.82) is 0 Å². The van der Waals surface area contributed by atoms with E-state index in [1.165, 1.54) is 0 Å². The molecule has 2 heteroatoms. The van der Waals surface area contributed by atoms with Crippen LogP contribution in [0.15, 0.2) is 30.3 Å². The number of nitrogens with one attached hydrogen (secondary N) is 1. The van der Waals surface area contributed by atoms with E-state index in [2.05, 4.69) is 26.1 Å². The van der Waals surface area contributed by atoms with E-state index in [-0.39, 0.29) is 6.04 Å². The fourth-order valence-corrected chi connectivity index (χ4v) is 2.25. The van der Waals surface area contributed by atoms with Crippen molar-refractivity contribution in [2.45, 2.75) is 52.3 Å². The van der Waals surface area contributed by atoms with Gasteiger partial charge in [-0.2, -0.15) is 0 Å². The van der Waals surface area contributed by atoms with Gasteiger partial charge in [-0.1, -0.05) is 44.2 Å². The van der Waals surface area contributed by atoms with Gasteiger partial charge in [-0.15, -0.1) is 0 Å². The first-order valence-corrected chi connectivity index (χ1v) is 6.49. The Morgan fingerprint density at radius 3 is 2.18 bits per heavy atom. The maximum atomic E-state index is 10.2. The summed E-state index contributed by atoms with van der Waals surface area (Å²) in [5.74, 6) is 0.679. The maximum Gasteiger partial charge on any atom is 0.0940 e. The van der Waals surface area contributed by atoms with Gasteiger partial charge < -0.3 is 10.4 Å². The zero-order valence-corrected chi connectivity index (χ0v) is 11.4. The van der Waals surface area contributed by atoms with E-state index in [4.69, 9.17) is 0 Å². The first-order chi connectivity index (χ1) is 8.00. The molecule has 0 bridgehead atoms. The van der Waals surface area contributed by atoms with Crippen molar-refractivity contribution < 1.29 is 5.11 Å². The lowest BCUT2D eigenvalue weighted by Crippen LogP contribution is -2.39. The Morgan fingerprint density at radius 2 is 1.65 bits per heavy atom. The molecule has 0 aliphatic carbocycles. The molecular formula is C15H25NO. The Hall–Kier alpha value is -0.860. The summed E-state index contributed by atoms with van der Waals surface area (Å²) in [5.41, 5.74) is 0.976. The van der Waals surface area contributed by atoms with Gasteiger partial charge in [0.05, 0.1) is 6.10 Å². The Kier molecular flexibility index (Phi) is 5.66. The molecule has 0 aliphatic heterocycles. The van der Waals surface area contributed by atoms with Crippen LogP contribution in [0, 0.1) is 5.92 Å². The Labute approximate surface area is 105 Å². The van der Waals surface area contributed by atoms with E-state index >= 15 is 0 Å². The van der Waals surface area contributed by atoms with Gasteiger partial charge in [-0.25, -0.2) is 0 Å². The lowest BCUT2D eigenvalue weighted by atomic mass is 10.0. The largest absolute Gasteiger partial charge is 0.387 e. The predicted molar refractivity (Wildman–Crippen MR) is 72.9 cm³/mol. The molecule has 2 nitrogen and oxygen atoms in total. The Balaban J connectivity index is 2.50. The highest BCUT2D eigenvalue weighted by Crippen LogP contribution is 2.17. The van der Waals surface area contributed by atoms with Crippen LogP contribution in [0.3, 0.4) is 0 Å². The van der Waals surface area contributed by atoms with Crippen molar-refractivity contribution in [1.82, 2.24) is 5.32 Å². The molecule has 3 atom stereocenters. The van der Waals surface area contributed by atoms with Crippen molar-refractivity contribution in [2.24, 2.45) is 5.92 Å². The summed E-state index contributed by atoms with van der Waals surface area (Å²) in [6.45, 7) is 8.65. The summed E-state index contributed by atoms with van der Waals surface area (Å²) in [6, 6.07) is 10.3. The topological polar surface area (TPSA) is 32.3 Å². The predicted octanol–water partition coefficient (Wildman–Crippen LogP) is 3.13. The molecule has 0 aliphatic rings. The summed E-state index contributed by atoms with van der Waals surface area (Å²) < 4.78 is 0. The molecule has 1 aromatic rings. The van der Waals surface area contributed by atoms with Crippen molar-refractivity contribution in [3.05, 3.63) is 35.9 Å². The molecule has 0 aromatic heterocycles. The molecule has 0 amide bonds. The smallest absolute Gasteiger partial charge is 0.0940 e. The summed E-state index contributed by atoms with van der Waals surface area (Å²) in [7, 11) is 0. The normalized spacial score (nSPS) is 16.8. The summed E-state index contributed by atoms with van der Waals surface area (Å²) in [6.07, 6.45) is 0.692. The quantitative estimate of drug-likeness (QED) is 0.794. The number of hydrogen-bond donors (Lipinski definition) is 2. The van der Waals surface area contributed by atoms with Crippen LogP contribution in [0.25, 0.3) is 0 Å². The number of hydrogen-bond acceptors (Lipinski definition) is 2. The summed E-state index contributed by atoms with van der Waals surface area (Å²) in [5, 5.41) is 13.7. The maximum absolute atomic E-state index is 10.2. The lowest BCUT2D eigenvalue weighted by molar-refractivity contribution is 0.128. The van der Waals surface area contributed by atoms with Crippen LogP contribution in [0.5, 0.6) is 0 Å². The minimum Gasteiger partial charge on any atom is -0.387 e. The molecule has 0 heterocycles. The molecule has 0 unspecified atom stereocenters. The van der Waals surface area contributed by atoms with Crippen LogP contribution in [-0.2, 0) is 0 Å². The second-order valence-electron chi connectivity index (χ2n) is 5.34. The van der Waals surface area contributed by atoms with Crippen molar-refractivity contribution in [2.75, 3.05) is 0 Å². The fraction of sp³-hybridized carbons (Fsp3) is 0.600. The van der Waals surface area contributed by atoms with Gasteiger partial charge in [-0.05, 0) is 31.7 Å². The van der Waals surface area contributed by atoms with Gasteiger partial charge in [0.2, 0.25) is 0 Å². The van der Waals surface area contributed by atoms with Crippen LogP contribution in [0.1, 0.15) is 45.8 Å². The minimum atomic E-state index is -0.439. The van der Waals surface area contributed by atoms with E-state index in [1.54, 1.807) is 0 Å². The van der Waals surface area contributed by atoms with Gasteiger partial charge in [0, 0.05) is 12.1 Å². The highest BCUT2D eigenvalue weighted by molar-refractivity contribution is 5.18. The third kappa shape index (κ3) is 4.88. The van der Waals surface area contributed by atoms with Crippen LogP contribution >= 0.6 is 0 Å². The monoisotopic (exact) mass is 235 g/mol. The molecule has 17 heavy (non-hydrogen) atoms. The minimum absolute atomic E-state index is 0.0751. The van der Waals surface area contributed by atoms with Crippen LogP contribution in [-0.4, -0.2) is 17.2 Å². The molecule has 0 saturated heterocycles. The Bertz CT molecular complexity index is 310. The van der Waals surface area contributed by atoms with E-state index in [0.29, 0.717) is 12.0 Å². The van der Waals surface area contributed by atoms with Crippen molar-refractivity contribution >= 4 is 0 Å². The first kappa shape index (κ1) is 14.2. The molecule has 1 rings (SSSR count). The van der Waals surface area contributed by atoms with Crippen LogP contribution in [0.4, 0.5) is 0 Å². The molecule has 2 N–H and O–H groups in total. The number of rotatable bonds is 6. The first-order valence-electron chi connectivity index (χ1n) is 6.49. The Morgan fingerprint density at radius 1 is 1.06 bits per heavy atom. The van der Waals surface area contributed by atoms with E-state index in [1.807, 2.05) is 37.3 Å². The number of aliphatic hydroxyl groups excluding tert-OH is 1. The number of aliphatic hydroxyl groups is 1. The van der Waals surface area contributed by atoms with Crippen molar-refractivity contribution in [3.63, 3.8) is 0 Å². The third-order valence-electron chi connectivity index (χ3n) is 2.99. The zero-order chi connectivity index (χ0) is 12.8. The molecule has 1 aromatic carbocycles. The molecule has 0 saturated carbocycles. The fourth-order valence-electron chi connectivity index (χ4n) is 2.25. The average molecular weight is 235 g/mol. The summed E-state index contributed by atoms with van der Waals surface area (Å²) in [4.78, 5) is 0. The summed E-state index contributed by atoms with van der Waals surface area (Å²) >= 11 is 0.